The average Bonchev–Trinajstić information content (AvgIpc) is 2.84. The lowest BCUT2D eigenvalue weighted by Crippen LogP contribution is -2.36. The number of carbonyl (C=O) groups excluding carboxylic acids is 1. The van der Waals surface area contributed by atoms with Crippen LogP contribution in [0.25, 0.3) is 10.9 Å². The van der Waals surface area contributed by atoms with Crippen LogP contribution >= 0.6 is 0 Å². The summed E-state index contributed by atoms with van der Waals surface area (Å²) in [6.07, 6.45) is 5.31. The van der Waals surface area contributed by atoms with E-state index >= 15 is 0 Å². The van der Waals surface area contributed by atoms with Gasteiger partial charge in [-0.3, -0.25) is 9.59 Å². The summed E-state index contributed by atoms with van der Waals surface area (Å²) >= 11 is 0. The molecule has 3 heterocycles. The highest BCUT2D eigenvalue weighted by molar-refractivity contribution is 5.81. The summed E-state index contributed by atoms with van der Waals surface area (Å²) in [4.78, 5) is 26.9. The minimum atomic E-state index is -0.320. The topological polar surface area (TPSA) is 93.3 Å². The number of fused-ring (bicyclic) bond motifs is 1. The predicted molar refractivity (Wildman–Crippen MR) is 98.1 cm³/mol. The van der Waals surface area contributed by atoms with Crippen LogP contribution in [0.15, 0.2) is 9.32 Å². The maximum atomic E-state index is 12.4. The SMILES string of the molecule is Cc1nn(CCC(=O)NCCN2CCCCCC2)c(=O)c2noc(C)c12. The molecule has 0 radical (unpaired) electrons. The number of carbonyl (C=O) groups is 1. The number of nitrogens with zero attached hydrogens (tertiary/aromatic N) is 4. The van der Waals surface area contributed by atoms with Gasteiger partial charge in [0.05, 0.1) is 17.6 Å². The van der Waals surface area contributed by atoms with Crippen LogP contribution in [-0.4, -0.2) is 51.9 Å². The van der Waals surface area contributed by atoms with E-state index in [0.29, 0.717) is 23.4 Å². The number of hydrogen-bond acceptors (Lipinski definition) is 6. The molecule has 1 N–H and O–H groups in total. The Balaban J connectivity index is 1.51. The van der Waals surface area contributed by atoms with Crippen LogP contribution in [0.1, 0.15) is 43.6 Å². The molecule has 2 aromatic heterocycles. The number of aromatic nitrogens is 3. The summed E-state index contributed by atoms with van der Waals surface area (Å²) in [6, 6.07) is 0. The molecule has 0 aromatic carbocycles. The van der Waals surface area contributed by atoms with Gasteiger partial charge in [0.25, 0.3) is 5.56 Å². The smallest absolute Gasteiger partial charge is 0.296 e. The van der Waals surface area contributed by atoms with Gasteiger partial charge in [0.2, 0.25) is 5.91 Å². The van der Waals surface area contributed by atoms with Gasteiger partial charge in [-0.05, 0) is 39.8 Å². The van der Waals surface area contributed by atoms with E-state index in [9.17, 15) is 9.59 Å². The molecule has 0 spiro atoms. The highest BCUT2D eigenvalue weighted by Gasteiger charge is 2.15. The van der Waals surface area contributed by atoms with E-state index in [1.54, 1.807) is 6.92 Å². The van der Waals surface area contributed by atoms with Crippen LogP contribution in [0.5, 0.6) is 0 Å². The zero-order valence-electron chi connectivity index (χ0n) is 15.6. The van der Waals surface area contributed by atoms with Crippen molar-refractivity contribution in [1.29, 1.82) is 0 Å². The Hall–Kier alpha value is -2.22. The fourth-order valence-electron chi connectivity index (χ4n) is 3.50. The second-order valence-corrected chi connectivity index (χ2v) is 6.93. The molecule has 1 aliphatic rings. The molecule has 0 atom stereocenters. The van der Waals surface area contributed by atoms with Gasteiger partial charge in [0.15, 0.2) is 5.52 Å². The second kappa shape index (κ2) is 8.44. The van der Waals surface area contributed by atoms with Gasteiger partial charge in [-0.15, -0.1) is 0 Å². The molecule has 0 aliphatic carbocycles. The normalized spacial score (nSPS) is 15.9. The molecule has 2 aromatic rings. The van der Waals surface area contributed by atoms with Crippen LogP contribution in [0, 0.1) is 13.8 Å². The van der Waals surface area contributed by atoms with Gasteiger partial charge < -0.3 is 14.7 Å². The first-order valence-corrected chi connectivity index (χ1v) is 9.39. The highest BCUT2D eigenvalue weighted by atomic mass is 16.5. The molecule has 8 nitrogen and oxygen atoms in total. The van der Waals surface area contributed by atoms with Crippen LogP contribution in [0.4, 0.5) is 0 Å². The van der Waals surface area contributed by atoms with Crippen LogP contribution < -0.4 is 10.9 Å². The molecule has 0 unspecified atom stereocenters. The van der Waals surface area contributed by atoms with Gasteiger partial charge in [0.1, 0.15) is 5.76 Å². The van der Waals surface area contributed by atoms with Crippen molar-refractivity contribution in [2.45, 2.75) is 52.5 Å². The quantitative estimate of drug-likeness (QED) is 0.836. The van der Waals surface area contributed by atoms with E-state index in [0.717, 1.165) is 19.6 Å². The summed E-state index contributed by atoms with van der Waals surface area (Å²) in [5.41, 5.74) is 0.635. The molecule has 0 bridgehead atoms. The Bertz CT molecular complexity index is 818. The first kappa shape index (κ1) is 18.6. The molecule has 1 amide bonds. The molecule has 1 aliphatic heterocycles. The van der Waals surface area contributed by atoms with Crippen molar-refractivity contribution >= 4 is 16.8 Å². The van der Waals surface area contributed by atoms with Crippen LogP contribution in [0.3, 0.4) is 0 Å². The van der Waals surface area contributed by atoms with E-state index < -0.39 is 0 Å². The molecule has 0 saturated carbocycles. The fourth-order valence-corrected chi connectivity index (χ4v) is 3.50. The Morgan fingerprint density at radius 1 is 1.15 bits per heavy atom. The van der Waals surface area contributed by atoms with Crippen molar-refractivity contribution in [2.75, 3.05) is 26.2 Å². The van der Waals surface area contributed by atoms with Crippen molar-refractivity contribution in [3.63, 3.8) is 0 Å². The number of nitrogens with one attached hydrogen (secondary N) is 1. The number of aryl methyl sites for hydroxylation is 3. The van der Waals surface area contributed by atoms with Crippen molar-refractivity contribution in [3.8, 4) is 0 Å². The van der Waals surface area contributed by atoms with Gasteiger partial charge in [-0.25, -0.2) is 4.68 Å². The second-order valence-electron chi connectivity index (χ2n) is 6.93. The number of rotatable bonds is 6. The summed E-state index contributed by atoms with van der Waals surface area (Å²) in [5.74, 6) is 0.517. The first-order valence-electron chi connectivity index (χ1n) is 9.39. The number of likely N-dealkylation sites (tertiary alicyclic amines) is 1. The van der Waals surface area contributed by atoms with Crippen LogP contribution in [-0.2, 0) is 11.3 Å². The van der Waals surface area contributed by atoms with Crippen molar-refractivity contribution in [1.82, 2.24) is 25.2 Å². The summed E-state index contributed by atoms with van der Waals surface area (Å²) < 4.78 is 6.39. The third-order valence-electron chi connectivity index (χ3n) is 4.93. The summed E-state index contributed by atoms with van der Waals surface area (Å²) in [6.45, 7) is 7.55. The summed E-state index contributed by atoms with van der Waals surface area (Å²) in [7, 11) is 0. The van der Waals surface area contributed by atoms with Crippen molar-refractivity contribution in [2.24, 2.45) is 0 Å². The highest BCUT2D eigenvalue weighted by Crippen LogP contribution is 2.16. The fraction of sp³-hybridized carbons (Fsp3) is 0.667. The van der Waals surface area contributed by atoms with E-state index in [1.807, 2.05) is 6.92 Å². The van der Waals surface area contributed by atoms with Crippen LogP contribution in [0.2, 0.25) is 0 Å². The average molecular weight is 361 g/mol. The van der Waals surface area contributed by atoms with Crippen molar-refractivity contribution in [3.05, 3.63) is 21.8 Å². The largest absolute Gasteiger partial charge is 0.360 e. The lowest BCUT2D eigenvalue weighted by atomic mass is 10.2. The number of amides is 1. The molecule has 1 fully saturated rings. The van der Waals surface area contributed by atoms with Gasteiger partial charge in [-0.2, -0.15) is 5.10 Å². The molecule has 8 heteroatoms. The first-order chi connectivity index (χ1) is 12.6. The number of hydrogen-bond donors (Lipinski definition) is 1. The third kappa shape index (κ3) is 4.30. The molecule has 3 rings (SSSR count). The maximum Gasteiger partial charge on any atom is 0.296 e. The molecule has 1 saturated heterocycles. The Morgan fingerprint density at radius 2 is 1.88 bits per heavy atom. The molecular formula is C18H27N5O3. The molecule has 26 heavy (non-hydrogen) atoms. The zero-order chi connectivity index (χ0) is 18.5. The zero-order valence-corrected chi connectivity index (χ0v) is 15.6. The van der Waals surface area contributed by atoms with E-state index in [2.05, 4.69) is 20.5 Å². The predicted octanol–water partition coefficient (Wildman–Crippen LogP) is 1.38. The van der Waals surface area contributed by atoms with Gasteiger partial charge in [-0.1, -0.05) is 18.0 Å². The minimum absolute atomic E-state index is 0.0670. The van der Waals surface area contributed by atoms with Gasteiger partial charge in [0, 0.05) is 19.5 Å². The van der Waals surface area contributed by atoms with E-state index in [1.165, 1.54) is 30.4 Å². The Labute approximate surface area is 152 Å². The third-order valence-corrected chi connectivity index (χ3v) is 4.93. The van der Waals surface area contributed by atoms with E-state index in [-0.39, 0.29) is 29.9 Å². The molecular weight excluding hydrogens is 334 g/mol. The Morgan fingerprint density at radius 3 is 2.62 bits per heavy atom. The molecule has 142 valence electrons. The minimum Gasteiger partial charge on any atom is -0.360 e. The van der Waals surface area contributed by atoms with Gasteiger partial charge >= 0.3 is 0 Å². The standard InChI is InChI=1S/C18H27N5O3/c1-13-16-14(2)26-21-17(16)18(25)23(20-13)11-7-15(24)19-8-12-22-9-5-3-4-6-10-22/h3-12H2,1-2H3,(H,19,24). The summed E-state index contributed by atoms with van der Waals surface area (Å²) in [5, 5.41) is 11.7. The maximum absolute atomic E-state index is 12.4. The lowest BCUT2D eigenvalue weighted by molar-refractivity contribution is -0.121. The lowest BCUT2D eigenvalue weighted by Gasteiger charge is -2.19. The monoisotopic (exact) mass is 361 g/mol. The van der Waals surface area contributed by atoms with E-state index in [4.69, 9.17) is 4.52 Å². The van der Waals surface area contributed by atoms with Crippen molar-refractivity contribution < 1.29 is 9.32 Å². The Kier molecular flexibility index (Phi) is 6.03.